The summed E-state index contributed by atoms with van der Waals surface area (Å²) in [6.07, 6.45) is 2.26. The Labute approximate surface area is 141 Å². The van der Waals surface area contributed by atoms with E-state index in [1.165, 1.54) is 23.4 Å². The second kappa shape index (κ2) is 6.96. The second-order valence-electron chi connectivity index (χ2n) is 5.49. The van der Waals surface area contributed by atoms with Gasteiger partial charge in [-0.2, -0.15) is 8.78 Å². The molecule has 1 aromatic heterocycles. The molecule has 1 aromatic carbocycles. The Balaban J connectivity index is 1.83. The predicted octanol–water partition coefficient (Wildman–Crippen LogP) is 3.22. The number of amides is 1. The van der Waals surface area contributed by atoms with Crippen LogP contribution in [0.2, 0.25) is 0 Å². The number of hydrogen-bond donors (Lipinski definition) is 0. The van der Waals surface area contributed by atoms with Crippen LogP contribution in [0.5, 0.6) is 5.75 Å². The van der Waals surface area contributed by atoms with Crippen LogP contribution in [0.3, 0.4) is 0 Å². The van der Waals surface area contributed by atoms with Crippen molar-refractivity contribution in [3.63, 3.8) is 0 Å². The molecule has 1 saturated heterocycles. The third-order valence-corrected chi connectivity index (χ3v) is 3.52. The van der Waals surface area contributed by atoms with Gasteiger partial charge in [0.1, 0.15) is 6.10 Å². The first-order valence-electron chi connectivity index (χ1n) is 7.43. The SMILES string of the molecule is C[C@@H]1CN(Cc2cncc(-c3ccc(F)c(OC(F)F)c3)n2)C(=O)O1. The zero-order chi connectivity index (χ0) is 18.0. The molecule has 0 aliphatic carbocycles. The molecule has 1 amide bonds. The van der Waals surface area contributed by atoms with Crippen molar-refractivity contribution in [3.8, 4) is 17.0 Å². The van der Waals surface area contributed by atoms with Crippen molar-refractivity contribution in [1.29, 1.82) is 0 Å². The number of nitrogens with zero attached hydrogens (tertiary/aromatic N) is 3. The first-order valence-corrected chi connectivity index (χ1v) is 7.43. The highest BCUT2D eigenvalue weighted by molar-refractivity contribution is 5.69. The van der Waals surface area contributed by atoms with Gasteiger partial charge >= 0.3 is 12.7 Å². The summed E-state index contributed by atoms with van der Waals surface area (Å²) in [6, 6.07) is 3.52. The number of aromatic nitrogens is 2. The second-order valence-corrected chi connectivity index (χ2v) is 5.49. The summed E-state index contributed by atoms with van der Waals surface area (Å²) >= 11 is 0. The summed E-state index contributed by atoms with van der Waals surface area (Å²) in [4.78, 5) is 21.5. The number of benzene rings is 1. The minimum atomic E-state index is -3.13. The molecule has 1 aliphatic rings. The van der Waals surface area contributed by atoms with Gasteiger partial charge in [-0.3, -0.25) is 9.88 Å². The molecule has 1 fully saturated rings. The van der Waals surface area contributed by atoms with Crippen molar-refractivity contribution in [2.45, 2.75) is 26.2 Å². The fourth-order valence-corrected chi connectivity index (χ4v) is 2.46. The van der Waals surface area contributed by atoms with Crippen LogP contribution in [0.1, 0.15) is 12.6 Å². The monoisotopic (exact) mass is 353 g/mol. The Morgan fingerprint density at radius 3 is 2.88 bits per heavy atom. The van der Waals surface area contributed by atoms with Crippen LogP contribution < -0.4 is 4.74 Å². The van der Waals surface area contributed by atoms with Gasteiger partial charge in [0.05, 0.1) is 36.9 Å². The van der Waals surface area contributed by atoms with E-state index in [1.807, 2.05) is 0 Å². The summed E-state index contributed by atoms with van der Waals surface area (Å²) in [7, 11) is 0. The van der Waals surface area contributed by atoms with Crippen LogP contribution >= 0.6 is 0 Å². The van der Waals surface area contributed by atoms with Gasteiger partial charge in [0.25, 0.3) is 0 Å². The molecular weight excluding hydrogens is 339 g/mol. The van der Waals surface area contributed by atoms with E-state index >= 15 is 0 Å². The average Bonchev–Trinajstić information content (AvgIpc) is 2.87. The molecular formula is C16H14F3N3O3. The van der Waals surface area contributed by atoms with Gasteiger partial charge < -0.3 is 9.47 Å². The Kier molecular flexibility index (Phi) is 4.73. The van der Waals surface area contributed by atoms with E-state index in [0.29, 0.717) is 23.5 Å². The zero-order valence-corrected chi connectivity index (χ0v) is 13.2. The van der Waals surface area contributed by atoms with Crippen molar-refractivity contribution >= 4 is 6.09 Å². The van der Waals surface area contributed by atoms with E-state index in [4.69, 9.17) is 4.74 Å². The molecule has 6 nitrogen and oxygen atoms in total. The van der Waals surface area contributed by atoms with Crippen molar-refractivity contribution < 1.29 is 27.4 Å². The molecule has 0 radical (unpaired) electrons. The largest absolute Gasteiger partial charge is 0.444 e. The molecule has 9 heteroatoms. The predicted molar refractivity (Wildman–Crippen MR) is 80.4 cm³/mol. The summed E-state index contributed by atoms with van der Waals surface area (Å²) in [5.74, 6) is -1.47. The fraction of sp³-hybridized carbons (Fsp3) is 0.312. The summed E-state index contributed by atoms with van der Waals surface area (Å²) in [6.45, 7) is -0.715. The van der Waals surface area contributed by atoms with Gasteiger partial charge in [-0.25, -0.2) is 14.2 Å². The van der Waals surface area contributed by atoms with Crippen LogP contribution in [0, 0.1) is 5.82 Å². The van der Waals surface area contributed by atoms with Gasteiger partial charge in [-0.1, -0.05) is 0 Å². The molecule has 0 saturated carbocycles. The topological polar surface area (TPSA) is 64.5 Å². The molecule has 0 spiro atoms. The van der Waals surface area contributed by atoms with Gasteiger partial charge in [0.15, 0.2) is 11.6 Å². The third kappa shape index (κ3) is 3.98. The average molecular weight is 353 g/mol. The highest BCUT2D eigenvalue weighted by atomic mass is 19.3. The maximum Gasteiger partial charge on any atom is 0.410 e. The first-order chi connectivity index (χ1) is 11.9. The normalized spacial score (nSPS) is 17.1. The number of ether oxygens (including phenoxy) is 2. The van der Waals surface area contributed by atoms with E-state index in [2.05, 4.69) is 14.7 Å². The lowest BCUT2D eigenvalue weighted by molar-refractivity contribution is -0.0521. The standard InChI is InChI=1S/C16H14F3N3O3/c1-9-7-22(16(23)24-9)8-11-5-20-6-13(21-11)10-2-3-12(17)14(4-10)25-15(18)19/h2-6,9,15H,7-8H2,1H3/t9-/m1/s1. The maximum atomic E-state index is 13.5. The summed E-state index contributed by atoms with van der Waals surface area (Å²) in [5, 5.41) is 0. The van der Waals surface area contributed by atoms with Crippen molar-refractivity contribution in [2.75, 3.05) is 6.54 Å². The number of rotatable bonds is 5. The van der Waals surface area contributed by atoms with Gasteiger partial charge in [-0.05, 0) is 25.1 Å². The highest BCUT2D eigenvalue weighted by Crippen LogP contribution is 2.26. The Morgan fingerprint density at radius 2 is 2.20 bits per heavy atom. The molecule has 25 heavy (non-hydrogen) atoms. The van der Waals surface area contributed by atoms with E-state index < -0.39 is 24.3 Å². The number of carbonyl (C=O) groups excluding carboxylic acids is 1. The lowest BCUT2D eigenvalue weighted by Crippen LogP contribution is -2.24. The lowest BCUT2D eigenvalue weighted by Gasteiger charge is -2.12. The number of alkyl halides is 2. The van der Waals surface area contributed by atoms with Crippen LogP contribution in [0.25, 0.3) is 11.3 Å². The third-order valence-electron chi connectivity index (χ3n) is 3.52. The van der Waals surface area contributed by atoms with Crippen molar-refractivity contribution in [1.82, 2.24) is 14.9 Å². The Bertz CT molecular complexity index is 788. The Hall–Kier alpha value is -2.84. The van der Waals surface area contributed by atoms with Crippen molar-refractivity contribution in [3.05, 3.63) is 42.1 Å². The van der Waals surface area contributed by atoms with Crippen LogP contribution in [0.4, 0.5) is 18.0 Å². The number of cyclic esters (lactones) is 1. The molecule has 0 unspecified atom stereocenters. The molecule has 1 aliphatic heterocycles. The Morgan fingerprint density at radius 1 is 1.40 bits per heavy atom. The molecule has 2 aromatic rings. The highest BCUT2D eigenvalue weighted by Gasteiger charge is 2.28. The number of halogens is 3. The van der Waals surface area contributed by atoms with Crippen LogP contribution in [-0.4, -0.2) is 40.2 Å². The minimum Gasteiger partial charge on any atom is -0.444 e. The van der Waals surface area contributed by atoms with E-state index in [1.54, 1.807) is 6.92 Å². The lowest BCUT2D eigenvalue weighted by atomic mass is 10.1. The molecule has 2 heterocycles. The minimum absolute atomic E-state index is 0.199. The zero-order valence-electron chi connectivity index (χ0n) is 13.2. The van der Waals surface area contributed by atoms with E-state index in [9.17, 15) is 18.0 Å². The molecule has 0 N–H and O–H groups in total. The van der Waals surface area contributed by atoms with E-state index in [-0.39, 0.29) is 12.6 Å². The fourth-order valence-electron chi connectivity index (χ4n) is 2.46. The number of hydrogen-bond acceptors (Lipinski definition) is 5. The van der Waals surface area contributed by atoms with Crippen molar-refractivity contribution in [2.24, 2.45) is 0 Å². The smallest absolute Gasteiger partial charge is 0.410 e. The first kappa shape index (κ1) is 17.0. The van der Waals surface area contributed by atoms with Gasteiger partial charge in [0.2, 0.25) is 0 Å². The molecule has 132 valence electrons. The molecule has 0 bridgehead atoms. The number of carbonyl (C=O) groups is 1. The quantitative estimate of drug-likeness (QED) is 0.826. The van der Waals surface area contributed by atoms with Gasteiger partial charge in [-0.15, -0.1) is 0 Å². The summed E-state index contributed by atoms with van der Waals surface area (Å²) < 4.78 is 47.4. The molecule has 3 rings (SSSR count). The van der Waals surface area contributed by atoms with Gasteiger partial charge in [0, 0.05) is 5.56 Å². The molecule has 1 atom stereocenters. The van der Waals surface area contributed by atoms with Crippen LogP contribution in [0.15, 0.2) is 30.6 Å². The van der Waals surface area contributed by atoms with E-state index in [0.717, 1.165) is 12.1 Å². The summed E-state index contributed by atoms with van der Waals surface area (Å²) in [5.41, 5.74) is 1.20. The van der Waals surface area contributed by atoms with Crippen LogP contribution in [-0.2, 0) is 11.3 Å². The maximum absolute atomic E-state index is 13.5.